The zero-order valence-electron chi connectivity index (χ0n) is 11.9. The van der Waals surface area contributed by atoms with Gasteiger partial charge in [-0.2, -0.15) is 0 Å². The molecule has 0 aliphatic heterocycles. The fourth-order valence-electron chi connectivity index (χ4n) is 2.95. The van der Waals surface area contributed by atoms with Crippen molar-refractivity contribution >= 4 is 5.69 Å². The van der Waals surface area contributed by atoms with Crippen LogP contribution in [0.2, 0.25) is 0 Å². The van der Waals surface area contributed by atoms with Gasteiger partial charge in [0.15, 0.2) is 0 Å². The summed E-state index contributed by atoms with van der Waals surface area (Å²) in [5, 5.41) is 3.49. The van der Waals surface area contributed by atoms with Crippen molar-refractivity contribution in [3.63, 3.8) is 0 Å². The Kier molecular flexibility index (Phi) is 4.03. The van der Waals surface area contributed by atoms with Gasteiger partial charge in [-0.3, -0.25) is 0 Å². The normalized spacial score (nSPS) is 13.4. The Balaban J connectivity index is 1.48. The fourth-order valence-corrected chi connectivity index (χ4v) is 2.95. The molecule has 0 heterocycles. The Hall–Kier alpha value is -1.80. The second-order valence-electron chi connectivity index (χ2n) is 5.63. The summed E-state index contributed by atoms with van der Waals surface area (Å²) < 4.78 is 0. The highest BCUT2D eigenvalue weighted by atomic mass is 14.8. The summed E-state index contributed by atoms with van der Waals surface area (Å²) >= 11 is 0. The molecule has 0 radical (unpaired) electrons. The van der Waals surface area contributed by atoms with Gasteiger partial charge >= 0.3 is 0 Å². The van der Waals surface area contributed by atoms with E-state index >= 15 is 0 Å². The standard InChI is InChI=1S/C18H22N2/c19-18-6-1-3-15(12-18)13-20-10-9-14-7-8-16-4-2-5-17(16)11-14/h1,3,6-8,11-12,20H,2,4-5,9-10,13,19H2. The lowest BCUT2D eigenvalue weighted by Crippen LogP contribution is -2.16. The van der Waals surface area contributed by atoms with Crippen molar-refractivity contribution in [1.29, 1.82) is 0 Å². The molecule has 2 nitrogen and oxygen atoms in total. The number of anilines is 1. The first-order chi connectivity index (χ1) is 9.81. The zero-order valence-corrected chi connectivity index (χ0v) is 11.9. The molecule has 0 saturated carbocycles. The van der Waals surface area contributed by atoms with Crippen LogP contribution in [-0.2, 0) is 25.8 Å². The molecule has 1 aliphatic carbocycles. The van der Waals surface area contributed by atoms with Gasteiger partial charge < -0.3 is 11.1 Å². The van der Waals surface area contributed by atoms with Gasteiger partial charge in [-0.05, 0) is 66.6 Å². The third-order valence-corrected chi connectivity index (χ3v) is 4.03. The van der Waals surface area contributed by atoms with Crippen LogP contribution in [0.15, 0.2) is 42.5 Å². The Morgan fingerprint density at radius 2 is 1.85 bits per heavy atom. The smallest absolute Gasteiger partial charge is 0.0317 e. The monoisotopic (exact) mass is 266 g/mol. The van der Waals surface area contributed by atoms with Crippen molar-refractivity contribution in [2.45, 2.75) is 32.2 Å². The quantitative estimate of drug-likeness (QED) is 0.644. The molecule has 0 fully saturated rings. The van der Waals surface area contributed by atoms with E-state index in [4.69, 9.17) is 5.73 Å². The lowest BCUT2D eigenvalue weighted by Gasteiger charge is -2.07. The summed E-state index contributed by atoms with van der Waals surface area (Å²) in [6, 6.07) is 15.1. The van der Waals surface area contributed by atoms with Crippen molar-refractivity contribution in [1.82, 2.24) is 5.32 Å². The Labute approximate surface area is 121 Å². The molecule has 104 valence electrons. The lowest BCUT2D eigenvalue weighted by molar-refractivity contribution is 0.687. The van der Waals surface area contributed by atoms with Gasteiger partial charge in [0, 0.05) is 12.2 Å². The van der Waals surface area contributed by atoms with E-state index in [1.54, 1.807) is 11.1 Å². The second-order valence-corrected chi connectivity index (χ2v) is 5.63. The molecule has 0 spiro atoms. The predicted octanol–water partition coefficient (Wildman–Crippen LogP) is 3.09. The van der Waals surface area contributed by atoms with Crippen LogP contribution >= 0.6 is 0 Å². The predicted molar refractivity (Wildman–Crippen MR) is 84.7 cm³/mol. The van der Waals surface area contributed by atoms with E-state index in [0.717, 1.165) is 25.2 Å². The van der Waals surface area contributed by atoms with Crippen molar-refractivity contribution in [2.24, 2.45) is 0 Å². The number of nitrogen functional groups attached to an aromatic ring is 1. The van der Waals surface area contributed by atoms with Gasteiger partial charge in [0.05, 0.1) is 0 Å². The zero-order chi connectivity index (χ0) is 13.8. The molecule has 3 rings (SSSR count). The third-order valence-electron chi connectivity index (χ3n) is 4.03. The Morgan fingerprint density at radius 1 is 0.950 bits per heavy atom. The lowest BCUT2D eigenvalue weighted by atomic mass is 10.0. The summed E-state index contributed by atoms with van der Waals surface area (Å²) in [7, 11) is 0. The molecule has 0 atom stereocenters. The van der Waals surface area contributed by atoms with Gasteiger partial charge in [0.1, 0.15) is 0 Å². The highest BCUT2D eigenvalue weighted by Crippen LogP contribution is 2.22. The summed E-state index contributed by atoms with van der Waals surface area (Å²) in [4.78, 5) is 0. The molecule has 3 N–H and O–H groups in total. The van der Waals surface area contributed by atoms with Crippen LogP contribution in [0.3, 0.4) is 0 Å². The second kappa shape index (κ2) is 6.10. The Morgan fingerprint density at radius 3 is 2.75 bits per heavy atom. The maximum absolute atomic E-state index is 5.78. The highest BCUT2D eigenvalue weighted by molar-refractivity contribution is 5.40. The molecular weight excluding hydrogens is 244 g/mol. The molecule has 20 heavy (non-hydrogen) atoms. The number of fused-ring (bicyclic) bond motifs is 1. The van der Waals surface area contributed by atoms with Gasteiger partial charge in [-0.15, -0.1) is 0 Å². The van der Waals surface area contributed by atoms with E-state index in [-0.39, 0.29) is 0 Å². The summed E-state index contributed by atoms with van der Waals surface area (Å²) in [6.45, 7) is 1.89. The van der Waals surface area contributed by atoms with Crippen molar-refractivity contribution in [3.05, 3.63) is 64.7 Å². The number of benzene rings is 2. The van der Waals surface area contributed by atoms with E-state index in [1.807, 2.05) is 18.2 Å². The van der Waals surface area contributed by atoms with Crippen LogP contribution in [0, 0.1) is 0 Å². The maximum Gasteiger partial charge on any atom is 0.0317 e. The minimum atomic E-state index is 0.836. The molecule has 0 unspecified atom stereocenters. The van der Waals surface area contributed by atoms with Gasteiger partial charge in [0.2, 0.25) is 0 Å². The molecule has 0 amide bonds. The van der Waals surface area contributed by atoms with Gasteiger partial charge in [0.25, 0.3) is 0 Å². The molecule has 0 saturated heterocycles. The largest absolute Gasteiger partial charge is 0.399 e. The average Bonchev–Trinajstić information content (AvgIpc) is 2.91. The average molecular weight is 266 g/mol. The van der Waals surface area contributed by atoms with E-state index in [2.05, 4.69) is 29.6 Å². The van der Waals surface area contributed by atoms with Gasteiger partial charge in [-0.1, -0.05) is 30.3 Å². The fraction of sp³-hybridized carbons (Fsp3) is 0.333. The number of aryl methyl sites for hydroxylation is 2. The molecule has 0 aromatic heterocycles. The number of hydrogen-bond acceptors (Lipinski definition) is 2. The van der Waals surface area contributed by atoms with E-state index in [9.17, 15) is 0 Å². The van der Waals surface area contributed by atoms with E-state index in [1.165, 1.54) is 30.4 Å². The topological polar surface area (TPSA) is 38.0 Å². The van der Waals surface area contributed by atoms with Crippen LogP contribution in [0.25, 0.3) is 0 Å². The Bertz CT molecular complexity index is 590. The number of hydrogen-bond donors (Lipinski definition) is 2. The molecule has 2 heteroatoms. The van der Waals surface area contributed by atoms with E-state index in [0.29, 0.717) is 0 Å². The van der Waals surface area contributed by atoms with Crippen molar-refractivity contribution in [3.8, 4) is 0 Å². The summed E-state index contributed by atoms with van der Waals surface area (Å²) in [6.07, 6.45) is 4.95. The number of nitrogens with one attached hydrogen (secondary N) is 1. The molecule has 0 bridgehead atoms. The summed E-state index contributed by atoms with van der Waals surface area (Å²) in [5.74, 6) is 0. The van der Waals surface area contributed by atoms with E-state index < -0.39 is 0 Å². The maximum atomic E-state index is 5.78. The van der Waals surface area contributed by atoms with Crippen LogP contribution in [-0.4, -0.2) is 6.54 Å². The molecule has 2 aromatic carbocycles. The van der Waals surface area contributed by atoms with Crippen LogP contribution in [0.5, 0.6) is 0 Å². The molecular formula is C18H22N2. The third kappa shape index (κ3) is 3.20. The van der Waals surface area contributed by atoms with Crippen LogP contribution < -0.4 is 11.1 Å². The SMILES string of the molecule is Nc1cccc(CNCCc2ccc3c(c2)CCC3)c1. The molecule has 1 aliphatic rings. The van der Waals surface area contributed by atoms with Gasteiger partial charge in [-0.25, -0.2) is 0 Å². The van der Waals surface area contributed by atoms with Crippen molar-refractivity contribution < 1.29 is 0 Å². The van der Waals surface area contributed by atoms with Crippen molar-refractivity contribution in [2.75, 3.05) is 12.3 Å². The van der Waals surface area contributed by atoms with Crippen LogP contribution in [0.4, 0.5) is 5.69 Å². The number of nitrogens with two attached hydrogens (primary N) is 1. The first kappa shape index (κ1) is 13.2. The molecule has 2 aromatic rings. The summed E-state index contributed by atoms with van der Waals surface area (Å²) in [5.41, 5.74) is 12.4. The minimum absolute atomic E-state index is 0.836. The number of rotatable bonds is 5. The first-order valence-corrected chi connectivity index (χ1v) is 7.47. The highest BCUT2D eigenvalue weighted by Gasteiger charge is 2.10. The van der Waals surface area contributed by atoms with Crippen LogP contribution in [0.1, 0.15) is 28.7 Å². The minimum Gasteiger partial charge on any atom is -0.399 e. The first-order valence-electron chi connectivity index (χ1n) is 7.47.